The van der Waals surface area contributed by atoms with Crippen molar-refractivity contribution in [3.63, 3.8) is 0 Å². The summed E-state index contributed by atoms with van der Waals surface area (Å²) in [5.41, 5.74) is 1.83. The van der Waals surface area contributed by atoms with Crippen LogP contribution in [0.15, 0.2) is 88.8 Å². The molecule has 0 saturated carbocycles. The molecule has 0 bridgehead atoms. The Balaban J connectivity index is 1.61. The van der Waals surface area contributed by atoms with E-state index in [9.17, 15) is 14.0 Å². The number of rotatable bonds is 7. The molecule has 1 amide bonds. The van der Waals surface area contributed by atoms with E-state index in [2.05, 4.69) is 15.5 Å². The van der Waals surface area contributed by atoms with Crippen molar-refractivity contribution in [1.82, 2.24) is 19.2 Å². The summed E-state index contributed by atoms with van der Waals surface area (Å²) in [4.78, 5) is 26.5. The van der Waals surface area contributed by atoms with Crippen molar-refractivity contribution >= 4 is 40.0 Å². The highest BCUT2D eigenvalue weighted by atomic mass is 32.2. The molecule has 1 N–H and O–H groups in total. The van der Waals surface area contributed by atoms with Crippen LogP contribution < -0.4 is 10.9 Å². The number of halogens is 1. The summed E-state index contributed by atoms with van der Waals surface area (Å²) in [6.45, 7) is 2.50. The van der Waals surface area contributed by atoms with Crippen LogP contribution in [-0.4, -0.2) is 25.1 Å². The normalized spacial score (nSPS) is 12.2. The van der Waals surface area contributed by atoms with Crippen molar-refractivity contribution in [2.24, 2.45) is 0 Å². The van der Waals surface area contributed by atoms with Crippen LogP contribution in [0, 0.1) is 5.82 Å². The van der Waals surface area contributed by atoms with Gasteiger partial charge in [-0.3, -0.25) is 18.6 Å². The first-order valence-electron chi connectivity index (χ1n) is 11.2. The molecule has 0 saturated heterocycles. The molecule has 7 nitrogen and oxygen atoms in total. The fourth-order valence-corrected chi connectivity index (χ4v) is 5.03. The third-order valence-corrected chi connectivity index (χ3v) is 6.80. The van der Waals surface area contributed by atoms with Crippen molar-refractivity contribution < 1.29 is 9.18 Å². The van der Waals surface area contributed by atoms with E-state index in [-0.39, 0.29) is 17.3 Å². The molecule has 35 heavy (non-hydrogen) atoms. The number of hydrogen-bond acceptors (Lipinski definition) is 5. The molecule has 3 aromatic carbocycles. The summed E-state index contributed by atoms with van der Waals surface area (Å²) in [5, 5.41) is 12.0. The number of aromatic nitrogens is 4. The standard InChI is InChI=1S/C26H22FN5O2S/c1-2-16-31-24(34)20-10-6-7-11-21(20)32-25(31)29-30-26(32)35-22(17-8-4-3-5-9-17)23(33)28-19-14-12-18(27)13-15-19/h3-15,22H,2,16H2,1H3,(H,28,33). The predicted octanol–water partition coefficient (Wildman–Crippen LogP) is 5.07. The van der Waals surface area contributed by atoms with E-state index in [1.807, 2.05) is 59.9 Å². The number of nitrogens with one attached hydrogen (secondary N) is 1. The highest BCUT2D eigenvalue weighted by molar-refractivity contribution is 8.00. The summed E-state index contributed by atoms with van der Waals surface area (Å²) in [7, 11) is 0. The van der Waals surface area contributed by atoms with Gasteiger partial charge in [0, 0.05) is 12.2 Å². The molecule has 0 aliphatic heterocycles. The molecule has 9 heteroatoms. The Bertz CT molecular complexity index is 1560. The Hall–Kier alpha value is -3.98. The molecular weight excluding hydrogens is 465 g/mol. The maximum absolute atomic E-state index is 13.4. The second-order valence-corrected chi connectivity index (χ2v) is 9.07. The van der Waals surface area contributed by atoms with Gasteiger partial charge in [-0.2, -0.15) is 0 Å². The van der Waals surface area contributed by atoms with Gasteiger partial charge in [0.2, 0.25) is 11.7 Å². The fraction of sp³-hybridized carbons (Fsp3) is 0.154. The molecule has 2 heterocycles. The molecule has 0 spiro atoms. The van der Waals surface area contributed by atoms with Crippen LogP contribution in [0.1, 0.15) is 24.2 Å². The molecule has 5 rings (SSSR count). The van der Waals surface area contributed by atoms with Gasteiger partial charge in [-0.1, -0.05) is 61.2 Å². The summed E-state index contributed by atoms with van der Waals surface area (Å²) in [6, 6.07) is 22.3. The maximum atomic E-state index is 13.4. The molecule has 0 radical (unpaired) electrons. The average Bonchev–Trinajstić information content (AvgIpc) is 3.30. The minimum absolute atomic E-state index is 0.118. The lowest BCUT2D eigenvalue weighted by Crippen LogP contribution is -2.23. The van der Waals surface area contributed by atoms with Crippen LogP contribution in [0.4, 0.5) is 10.1 Å². The van der Waals surface area contributed by atoms with Gasteiger partial charge in [-0.15, -0.1) is 10.2 Å². The van der Waals surface area contributed by atoms with Gasteiger partial charge in [-0.05, 0) is 48.4 Å². The molecule has 0 aliphatic carbocycles. The lowest BCUT2D eigenvalue weighted by molar-refractivity contribution is -0.115. The fourth-order valence-electron chi connectivity index (χ4n) is 3.98. The van der Waals surface area contributed by atoms with Crippen molar-refractivity contribution in [3.8, 4) is 0 Å². The van der Waals surface area contributed by atoms with E-state index in [1.54, 1.807) is 10.6 Å². The molecule has 0 aliphatic rings. The number of amides is 1. The minimum atomic E-state index is -0.668. The van der Waals surface area contributed by atoms with Crippen LogP contribution in [0.25, 0.3) is 16.7 Å². The van der Waals surface area contributed by atoms with E-state index in [4.69, 9.17) is 0 Å². The van der Waals surface area contributed by atoms with E-state index in [0.717, 1.165) is 12.0 Å². The average molecular weight is 488 g/mol. The summed E-state index contributed by atoms with van der Waals surface area (Å²) in [6.07, 6.45) is 0.760. The number of thioether (sulfide) groups is 1. The van der Waals surface area contributed by atoms with E-state index in [0.29, 0.717) is 34.1 Å². The van der Waals surface area contributed by atoms with Gasteiger partial charge in [0.1, 0.15) is 11.1 Å². The number of fused-ring (bicyclic) bond motifs is 3. The third-order valence-electron chi connectivity index (χ3n) is 5.60. The van der Waals surface area contributed by atoms with Gasteiger partial charge >= 0.3 is 0 Å². The van der Waals surface area contributed by atoms with Crippen LogP contribution in [-0.2, 0) is 11.3 Å². The zero-order valence-corrected chi connectivity index (χ0v) is 19.7. The highest BCUT2D eigenvalue weighted by Crippen LogP contribution is 2.36. The number of nitrogens with zero attached hydrogens (tertiary/aromatic N) is 4. The number of hydrogen-bond donors (Lipinski definition) is 1. The quantitative estimate of drug-likeness (QED) is 0.324. The highest BCUT2D eigenvalue weighted by Gasteiger charge is 2.26. The van der Waals surface area contributed by atoms with E-state index < -0.39 is 5.25 Å². The molecule has 1 atom stereocenters. The Labute approximate surface area is 204 Å². The zero-order valence-electron chi connectivity index (χ0n) is 18.9. The second kappa shape index (κ2) is 9.71. The van der Waals surface area contributed by atoms with Gasteiger partial charge in [-0.25, -0.2) is 4.39 Å². The van der Waals surface area contributed by atoms with Gasteiger partial charge in [0.05, 0.1) is 10.9 Å². The summed E-state index contributed by atoms with van der Waals surface area (Å²) < 4.78 is 16.8. The first kappa shape index (κ1) is 22.8. The zero-order chi connectivity index (χ0) is 24.4. The number of aryl methyl sites for hydroxylation is 1. The third kappa shape index (κ3) is 4.42. The van der Waals surface area contributed by atoms with Gasteiger partial charge in [0.15, 0.2) is 5.16 Å². The minimum Gasteiger partial charge on any atom is -0.325 e. The Morgan fingerprint density at radius 2 is 1.71 bits per heavy atom. The molecular formula is C26H22FN5O2S. The Morgan fingerprint density at radius 1 is 1.00 bits per heavy atom. The first-order valence-corrected chi connectivity index (χ1v) is 12.1. The van der Waals surface area contributed by atoms with Crippen molar-refractivity contribution in [2.75, 3.05) is 5.32 Å². The Kier molecular flexibility index (Phi) is 6.33. The number of benzene rings is 3. The molecule has 1 unspecified atom stereocenters. The maximum Gasteiger partial charge on any atom is 0.262 e. The number of para-hydroxylation sites is 1. The molecule has 5 aromatic rings. The van der Waals surface area contributed by atoms with Gasteiger partial charge in [0.25, 0.3) is 5.56 Å². The molecule has 2 aromatic heterocycles. The SMILES string of the molecule is CCCn1c(=O)c2ccccc2n2c(SC(C(=O)Nc3ccc(F)cc3)c3ccccc3)nnc12. The van der Waals surface area contributed by atoms with Crippen LogP contribution in [0.3, 0.4) is 0 Å². The second-order valence-electron chi connectivity index (χ2n) is 8.00. The van der Waals surface area contributed by atoms with Crippen LogP contribution in [0.5, 0.6) is 0 Å². The number of anilines is 1. The topological polar surface area (TPSA) is 81.3 Å². The first-order chi connectivity index (χ1) is 17.1. The van der Waals surface area contributed by atoms with Crippen LogP contribution >= 0.6 is 11.8 Å². The largest absolute Gasteiger partial charge is 0.325 e. The van der Waals surface area contributed by atoms with Crippen LogP contribution in [0.2, 0.25) is 0 Å². The van der Waals surface area contributed by atoms with Gasteiger partial charge < -0.3 is 5.32 Å². The van der Waals surface area contributed by atoms with E-state index >= 15 is 0 Å². The Morgan fingerprint density at radius 3 is 2.46 bits per heavy atom. The lowest BCUT2D eigenvalue weighted by Gasteiger charge is -2.17. The predicted molar refractivity (Wildman–Crippen MR) is 135 cm³/mol. The summed E-state index contributed by atoms with van der Waals surface area (Å²) >= 11 is 1.24. The summed E-state index contributed by atoms with van der Waals surface area (Å²) in [5.74, 6) is -0.225. The smallest absolute Gasteiger partial charge is 0.262 e. The van der Waals surface area contributed by atoms with Crippen molar-refractivity contribution in [2.45, 2.75) is 30.3 Å². The molecule has 0 fully saturated rings. The van der Waals surface area contributed by atoms with Crippen molar-refractivity contribution in [1.29, 1.82) is 0 Å². The number of carbonyl (C=O) groups is 1. The van der Waals surface area contributed by atoms with E-state index in [1.165, 1.54) is 36.0 Å². The van der Waals surface area contributed by atoms with Crippen molar-refractivity contribution in [3.05, 3.63) is 101 Å². The lowest BCUT2D eigenvalue weighted by atomic mass is 10.1. The number of carbonyl (C=O) groups excluding carboxylic acids is 1. The monoisotopic (exact) mass is 487 g/mol. The molecule has 176 valence electrons.